The molecule has 0 aliphatic heterocycles. The first-order valence-corrected chi connectivity index (χ1v) is 16.9. The highest BCUT2D eigenvalue weighted by atomic mass is 15.0. The highest BCUT2D eigenvalue weighted by molar-refractivity contribution is 6.17. The van der Waals surface area contributed by atoms with Gasteiger partial charge in [-0.05, 0) is 90.3 Å². The molecule has 0 fully saturated rings. The lowest BCUT2D eigenvalue weighted by Crippen LogP contribution is -2.17. The van der Waals surface area contributed by atoms with Crippen molar-refractivity contribution in [2.45, 2.75) is 131 Å². The largest absolute Gasteiger partial charge is 0.309 e. The second-order valence-electron chi connectivity index (χ2n) is 18.6. The lowest BCUT2D eigenvalue weighted by molar-refractivity contribution is 0.567. The fourth-order valence-corrected chi connectivity index (χ4v) is 6.51. The zero-order valence-corrected chi connectivity index (χ0v) is 30.9. The number of aromatic nitrogens is 1. The predicted molar refractivity (Wildman–Crippen MR) is 200 cm³/mol. The maximum Gasteiger partial charge on any atom is 0.0547 e. The third kappa shape index (κ3) is 6.25. The minimum Gasteiger partial charge on any atom is -0.309 e. The van der Waals surface area contributed by atoms with E-state index in [1.165, 1.54) is 66.4 Å². The first-order chi connectivity index (χ1) is 20.5. The van der Waals surface area contributed by atoms with Crippen LogP contribution in [0.5, 0.6) is 0 Å². The molecule has 5 rings (SSSR count). The van der Waals surface area contributed by atoms with Gasteiger partial charge in [-0.1, -0.05) is 152 Å². The molecule has 0 aliphatic rings. The van der Waals surface area contributed by atoms with E-state index in [4.69, 9.17) is 0 Å². The quantitative estimate of drug-likeness (QED) is 0.190. The second-order valence-corrected chi connectivity index (χ2v) is 18.6. The van der Waals surface area contributed by atoms with Gasteiger partial charge in [0.15, 0.2) is 0 Å². The summed E-state index contributed by atoms with van der Waals surface area (Å²) in [5, 5.41) is 2.72. The number of benzene rings is 4. The summed E-state index contributed by atoms with van der Waals surface area (Å²) in [6.07, 6.45) is 0. The average Bonchev–Trinajstić information content (AvgIpc) is 3.24. The molecule has 0 radical (unpaired) electrons. The molecule has 45 heavy (non-hydrogen) atoms. The van der Waals surface area contributed by atoms with Gasteiger partial charge < -0.3 is 4.57 Å². The zero-order chi connectivity index (χ0) is 33.5. The second kappa shape index (κ2) is 10.6. The lowest BCUT2D eigenvalue weighted by atomic mass is 9.78. The highest BCUT2D eigenvalue weighted by Crippen LogP contribution is 2.45. The molecule has 0 N–H and O–H groups in total. The summed E-state index contributed by atoms with van der Waals surface area (Å²) in [6.45, 7) is 35.0. The Hall–Kier alpha value is -3.32. The van der Waals surface area contributed by atoms with Crippen molar-refractivity contribution in [1.82, 2.24) is 4.57 Å². The molecular formula is C44H57N. The minimum absolute atomic E-state index is 0.0145. The Morgan fingerprint density at radius 2 is 0.800 bits per heavy atom. The molecule has 0 unspecified atom stereocenters. The topological polar surface area (TPSA) is 4.93 Å². The Balaban J connectivity index is 2.00. The van der Waals surface area contributed by atoms with E-state index in [2.05, 4.69) is 181 Å². The van der Waals surface area contributed by atoms with E-state index in [0.717, 1.165) is 0 Å². The van der Waals surface area contributed by atoms with Crippen LogP contribution in [-0.4, -0.2) is 4.57 Å². The van der Waals surface area contributed by atoms with Crippen molar-refractivity contribution in [2.75, 3.05) is 0 Å². The molecule has 1 heteroatoms. The number of hydrogen-bond donors (Lipinski definition) is 0. The van der Waals surface area contributed by atoms with E-state index in [1.807, 2.05) is 0 Å². The van der Waals surface area contributed by atoms with Gasteiger partial charge in [-0.25, -0.2) is 0 Å². The van der Waals surface area contributed by atoms with Crippen molar-refractivity contribution < 1.29 is 0 Å². The molecule has 0 bridgehead atoms. The zero-order valence-electron chi connectivity index (χ0n) is 30.9. The highest BCUT2D eigenvalue weighted by Gasteiger charge is 2.27. The van der Waals surface area contributed by atoms with Crippen molar-refractivity contribution >= 4 is 21.8 Å². The molecule has 1 aromatic heterocycles. The fraction of sp³-hybridized carbons (Fsp3) is 0.455. The van der Waals surface area contributed by atoms with Crippen molar-refractivity contribution in [2.24, 2.45) is 0 Å². The molecule has 0 atom stereocenters. The molecule has 0 amide bonds. The summed E-state index contributed by atoms with van der Waals surface area (Å²) in [4.78, 5) is 0. The summed E-state index contributed by atoms with van der Waals surface area (Å²) in [7, 11) is 0. The van der Waals surface area contributed by atoms with Crippen molar-refractivity contribution in [3.63, 3.8) is 0 Å². The van der Waals surface area contributed by atoms with Crippen LogP contribution in [-0.2, 0) is 27.1 Å². The maximum atomic E-state index is 2.55. The molecule has 0 aliphatic carbocycles. The number of nitrogens with zero attached hydrogens (tertiary/aromatic N) is 1. The Bertz CT molecular complexity index is 1830. The minimum atomic E-state index is -0.0145. The van der Waals surface area contributed by atoms with Gasteiger partial charge in [-0.2, -0.15) is 0 Å². The Labute approximate surface area is 274 Å². The summed E-state index contributed by atoms with van der Waals surface area (Å²) >= 11 is 0. The monoisotopic (exact) mass is 599 g/mol. The number of hydrogen-bond acceptors (Lipinski definition) is 0. The van der Waals surface area contributed by atoms with E-state index in [1.54, 1.807) is 0 Å². The van der Waals surface area contributed by atoms with E-state index in [-0.39, 0.29) is 27.1 Å². The van der Waals surface area contributed by atoms with Crippen molar-refractivity contribution in [3.05, 3.63) is 101 Å². The average molecular weight is 600 g/mol. The summed E-state index contributed by atoms with van der Waals surface area (Å²) in [5.41, 5.74) is 13.5. The standard InChI is InChI=1S/C44H57N/c1-40(2,3)29-22-28(23-30(24-29)41(4,5)6)34-18-16-20-36-38(34)39-35(44(13,14)15)19-17-21-37(39)45(36)33-26-31(42(7,8)9)25-32(27-33)43(10,11)12/h16-27H,1-15H3. The molecule has 0 saturated heterocycles. The Kier molecular flexibility index (Phi) is 7.80. The third-order valence-electron chi connectivity index (χ3n) is 9.51. The van der Waals surface area contributed by atoms with Crippen LogP contribution < -0.4 is 0 Å². The van der Waals surface area contributed by atoms with Gasteiger partial charge in [-0.15, -0.1) is 0 Å². The van der Waals surface area contributed by atoms with Crippen LogP contribution in [0.1, 0.15) is 132 Å². The fourth-order valence-electron chi connectivity index (χ4n) is 6.51. The molecule has 238 valence electrons. The van der Waals surface area contributed by atoms with Crippen LogP contribution in [0.25, 0.3) is 38.6 Å². The van der Waals surface area contributed by atoms with Gasteiger partial charge in [0.05, 0.1) is 11.0 Å². The predicted octanol–water partition coefficient (Wildman–Crippen LogP) is 12.9. The third-order valence-corrected chi connectivity index (χ3v) is 9.51. The number of rotatable bonds is 2. The van der Waals surface area contributed by atoms with Crippen LogP contribution in [0.15, 0.2) is 72.8 Å². The molecule has 5 aromatic rings. The van der Waals surface area contributed by atoms with Crippen LogP contribution in [0.2, 0.25) is 0 Å². The van der Waals surface area contributed by atoms with Crippen LogP contribution >= 0.6 is 0 Å². The Morgan fingerprint density at radius 1 is 0.400 bits per heavy atom. The molecular weight excluding hydrogens is 542 g/mol. The van der Waals surface area contributed by atoms with Crippen molar-refractivity contribution in [3.8, 4) is 16.8 Å². The van der Waals surface area contributed by atoms with Crippen LogP contribution in [0.4, 0.5) is 0 Å². The van der Waals surface area contributed by atoms with Crippen LogP contribution in [0.3, 0.4) is 0 Å². The van der Waals surface area contributed by atoms with E-state index in [0.29, 0.717) is 0 Å². The van der Waals surface area contributed by atoms with E-state index in [9.17, 15) is 0 Å². The SMILES string of the molecule is CC(C)(C)c1cc(-c2cccc3c2c2c(C(C)(C)C)cccc2n3-c2cc(C(C)(C)C)cc(C(C)(C)C)c2)cc(C(C)(C)C)c1. The molecule has 4 aromatic carbocycles. The number of fused-ring (bicyclic) bond motifs is 3. The summed E-state index contributed by atoms with van der Waals surface area (Å²) in [5.74, 6) is 0. The summed E-state index contributed by atoms with van der Waals surface area (Å²) in [6, 6.07) is 28.5. The van der Waals surface area contributed by atoms with Gasteiger partial charge in [0.1, 0.15) is 0 Å². The normalized spacial score (nSPS) is 13.7. The first kappa shape index (κ1) is 33.1. The van der Waals surface area contributed by atoms with Gasteiger partial charge in [0.2, 0.25) is 0 Å². The molecule has 1 heterocycles. The van der Waals surface area contributed by atoms with Gasteiger partial charge in [-0.3, -0.25) is 0 Å². The maximum absolute atomic E-state index is 2.55. The van der Waals surface area contributed by atoms with Gasteiger partial charge >= 0.3 is 0 Å². The van der Waals surface area contributed by atoms with Gasteiger partial charge in [0, 0.05) is 16.5 Å². The molecule has 1 nitrogen and oxygen atoms in total. The van der Waals surface area contributed by atoms with E-state index < -0.39 is 0 Å². The van der Waals surface area contributed by atoms with Crippen LogP contribution in [0, 0.1) is 0 Å². The smallest absolute Gasteiger partial charge is 0.0547 e. The van der Waals surface area contributed by atoms with E-state index >= 15 is 0 Å². The van der Waals surface area contributed by atoms with Gasteiger partial charge in [0.25, 0.3) is 0 Å². The first-order valence-electron chi connectivity index (χ1n) is 16.9. The summed E-state index contributed by atoms with van der Waals surface area (Å²) < 4.78 is 2.55. The molecule has 0 saturated carbocycles. The lowest BCUT2D eigenvalue weighted by Gasteiger charge is -2.27. The Morgan fingerprint density at radius 3 is 1.22 bits per heavy atom. The molecule has 0 spiro atoms. The van der Waals surface area contributed by atoms with Crippen molar-refractivity contribution in [1.29, 1.82) is 0 Å².